The molecule has 0 aromatic heterocycles. The standard InChI is InChI=1S/C15H22Cl2N2O4S/c1-4-19(5-6-20)15(21)11-7-14(13(17)8-12(11)16)24(22,23)18-9-10(2)3/h7-8,10,18,20H,4-6,9H2,1-3H3. The van der Waals surface area contributed by atoms with Crippen LogP contribution in [0.3, 0.4) is 0 Å². The van der Waals surface area contributed by atoms with Crippen LogP contribution in [0.25, 0.3) is 0 Å². The Morgan fingerprint density at radius 1 is 1.29 bits per heavy atom. The molecule has 0 saturated carbocycles. The van der Waals surface area contributed by atoms with Crippen LogP contribution in [0.1, 0.15) is 31.1 Å². The number of carbonyl (C=O) groups is 1. The van der Waals surface area contributed by atoms with Gasteiger partial charge in [-0.25, -0.2) is 13.1 Å². The van der Waals surface area contributed by atoms with Gasteiger partial charge in [0.25, 0.3) is 5.91 Å². The van der Waals surface area contributed by atoms with E-state index >= 15 is 0 Å². The molecule has 24 heavy (non-hydrogen) atoms. The molecule has 1 rings (SSSR count). The lowest BCUT2D eigenvalue weighted by Crippen LogP contribution is -2.34. The Morgan fingerprint density at radius 2 is 1.92 bits per heavy atom. The van der Waals surface area contributed by atoms with Crippen LogP contribution >= 0.6 is 23.2 Å². The molecule has 0 aliphatic carbocycles. The first-order valence-electron chi connectivity index (χ1n) is 7.52. The zero-order chi connectivity index (χ0) is 18.5. The van der Waals surface area contributed by atoms with E-state index in [1.807, 2.05) is 13.8 Å². The maximum absolute atomic E-state index is 12.5. The van der Waals surface area contributed by atoms with Gasteiger partial charge >= 0.3 is 0 Å². The van der Waals surface area contributed by atoms with Crippen LogP contribution < -0.4 is 4.72 Å². The highest BCUT2D eigenvalue weighted by molar-refractivity contribution is 7.89. The van der Waals surface area contributed by atoms with Crippen LogP contribution in [0.15, 0.2) is 17.0 Å². The Morgan fingerprint density at radius 3 is 2.42 bits per heavy atom. The van der Waals surface area contributed by atoms with Gasteiger partial charge in [0.15, 0.2) is 0 Å². The highest BCUT2D eigenvalue weighted by Gasteiger charge is 2.24. The first-order chi connectivity index (χ1) is 11.1. The molecule has 0 bridgehead atoms. The SMILES string of the molecule is CCN(CCO)C(=O)c1cc(S(=O)(=O)NCC(C)C)c(Cl)cc1Cl. The highest BCUT2D eigenvalue weighted by Crippen LogP contribution is 2.29. The van der Waals surface area contributed by atoms with Gasteiger partial charge in [-0.15, -0.1) is 0 Å². The Labute approximate surface area is 152 Å². The van der Waals surface area contributed by atoms with Crippen molar-refractivity contribution in [3.63, 3.8) is 0 Å². The van der Waals surface area contributed by atoms with Crippen LogP contribution in [0, 0.1) is 5.92 Å². The zero-order valence-electron chi connectivity index (χ0n) is 13.8. The second kappa shape index (κ2) is 9.01. The Hall–Kier alpha value is -0.860. The van der Waals surface area contributed by atoms with Crippen molar-refractivity contribution >= 4 is 39.1 Å². The third-order valence-electron chi connectivity index (χ3n) is 3.26. The molecule has 1 aromatic rings. The van der Waals surface area contributed by atoms with Crippen molar-refractivity contribution in [3.8, 4) is 0 Å². The first-order valence-corrected chi connectivity index (χ1v) is 9.76. The average molecular weight is 397 g/mol. The lowest BCUT2D eigenvalue weighted by molar-refractivity contribution is 0.0732. The second-order valence-electron chi connectivity index (χ2n) is 5.62. The van der Waals surface area contributed by atoms with Crippen molar-refractivity contribution < 1.29 is 18.3 Å². The number of hydrogen-bond donors (Lipinski definition) is 2. The fourth-order valence-electron chi connectivity index (χ4n) is 1.95. The molecular formula is C15H22Cl2N2O4S. The first kappa shape index (κ1) is 21.2. The van der Waals surface area contributed by atoms with E-state index in [4.69, 9.17) is 28.3 Å². The number of aliphatic hydroxyl groups excluding tert-OH is 1. The monoisotopic (exact) mass is 396 g/mol. The molecule has 0 aliphatic rings. The smallest absolute Gasteiger partial charge is 0.255 e. The minimum Gasteiger partial charge on any atom is -0.395 e. The lowest BCUT2D eigenvalue weighted by Gasteiger charge is -2.21. The largest absolute Gasteiger partial charge is 0.395 e. The number of likely N-dealkylation sites (N-methyl/N-ethyl adjacent to an activating group) is 1. The minimum atomic E-state index is -3.86. The average Bonchev–Trinajstić information content (AvgIpc) is 2.50. The molecule has 9 heteroatoms. The van der Waals surface area contributed by atoms with Gasteiger partial charge in [-0.05, 0) is 25.0 Å². The highest BCUT2D eigenvalue weighted by atomic mass is 35.5. The third-order valence-corrected chi connectivity index (χ3v) is 5.46. The third kappa shape index (κ3) is 5.32. The van der Waals surface area contributed by atoms with Crippen molar-refractivity contribution in [2.75, 3.05) is 26.2 Å². The van der Waals surface area contributed by atoms with Crippen LogP contribution in [0.2, 0.25) is 10.0 Å². The predicted octanol–water partition coefficient (Wildman–Crippen LogP) is 2.38. The molecule has 0 fully saturated rings. The van der Waals surface area contributed by atoms with Crippen LogP contribution in [0.4, 0.5) is 0 Å². The van der Waals surface area contributed by atoms with Crippen molar-refractivity contribution in [2.45, 2.75) is 25.7 Å². The summed E-state index contributed by atoms with van der Waals surface area (Å²) in [5, 5.41) is 9.03. The topological polar surface area (TPSA) is 86.7 Å². The number of halogens is 2. The number of benzene rings is 1. The summed E-state index contributed by atoms with van der Waals surface area (Å²) in [5.41, 5.74) is 0.0290. The van der Waals surface area contributed by atoms with E-state index in [9.17, 15) is 13.2 Å². The molecule has 0 radical (unpaired) electrons. The molecule has 0 saturated heterocycles. The summed E-state index contributed by atoms with van der Waals surface area (Å²) in [6.07, 6.45) is 0. The summed E-state index contributed by atoms with van der Waals surface area (Å²) in [5.74, 6) is -0.347. The second-order valence-corrected chi connectivity index (χ2v) is 8.17. The fourth-order valence-corrected chi connectivity index (χ4v) is 4.01. The van der Waals surface area contributed by atoms with Gasteiger partial charge in [-0.2, -0.15) is 0 Å². The summed E-state index contributed by atoms with van der Waals surface area (Å²) in [4.78, 5) is 13.7. The van der Waals surface area contributed by atoms with Gasteiger partial charge in [0.05, 0.1) is 22.2 Å². The van der Waals surface area contributed by atoms with Gasteiger partial charge in [-0.3, -0.25) is 4.79 Å². The maximum atomic E-state index is 12.5. The quantitative estimate of drug-likeness (QED) is 0.705. The van der Waals surface area contributed by atoms with Crippen LogP contribution in [-0.4, -0.2) is 50.6 Å². The summed E-state index contributed by atoms with van der Waals surface area (Å²) < 4.78 is 27.3. The Kier molecular flexibility index (Phi) is 7.95. The number of hydrogen-bond acceptors (Lipinski definition) is 4. The summed E-state index contributed by atoms with van der Waals surface area (Å²) >= 11 is 12.1. The molecule has 0 heterocycles. The lowest BCUT2D eigenvalue weighted by atomic mass is 10.2. The van der Waals surface area contributed by atoms with E-state index in [1.165, 1.54) is 17.0 Å². The Bertz CT molecular complexity index is 693. The number of nitrogens with zero attached hydrogens (tertiary/aromatic N) is 1. The van der Waals surface area contributed by atoms with Gasteiger partial charge in [0.2, 0.25) is 10.0 Å². The molecule has 1 aromatic carbocycles. The predicted molar refractivity (Wildman–Crippen MR) is 95.2 cm³/mol. The molecule has 0 spiro atoms. The van der Waals surface area contributed by atoms with E-state index < -0.39 is 15.9 Å². The number of sulfonamides is 1. The van der Waals surface area contributed by atoms with Crippen molar-refractivity contribution in [1.82, 2.24) is 9.62 Å². The van der Waals surface area contributed by atoms with Gasteiger partial charge in [0.1, 0.15) is 4.90 Å². The van der Waals surface area contributed by atoms with Gasteiger partial charge in [0, 0.05) is 19.6 Å². The molecule has 136 valence electrons. The normalized spacial score (nSPS) is 11.8. The molecule has 1 amide bonds. The molecule has 0 aliphatic heterocycles. The number of aliphatic hydroxyl groups is 1. The molecule has 0 atom stereocenters. The van der Waals surface area contributed by atoms with E-state index in [2.05, 4.69) is 4.72 Å². The zero-order valence-corrected chi connectivity index (χ0v) is 16.2. The van der Waals surface area contributed by atoms with E-state index in [0.29, 0.717) is 6.54 Å². The molecular weight excluding hydrogens is 375 g/mol. The van der Waals surface area contributed by atoms with Gasteiger partial charge in [-0.1, -0.05) is 37.0 Å². The molecule has 6 nitrogen and oxygen atoms in total. The number of amides is 1. The van der Waals surface area contributed by atoms with Crippen molar-refractivity contribution in [2.24, 2.45) is 5.92 Å². The Balaban J connectivity index is 3.29. The van der Waals surface area contributed by atoms with Crippen molar-refractivity contribution in [1.29, 1.82) is 0 Å². The summed E-state index contributed by atoms with van der Waals surface area (Å²) in [7, 11) is -3.86. The van der Waals surface area contributed by atoms with E-state index in [-0.39, 0.29) is 46.1 Å². The molecule has 2 N–H and O–H groups in total. The van der Waals surface area contributed by atoms with E-state index in [0.717, 1.165) is 0 Å². The summed E-state index contributed by atoms with van der Waals surface area (Å²) in [6.45, 7) is 6.01. The fraction of sp³-hybridized carbons (Fsp3) is 0.533. The minimum absolute atomic E-state index is 0.0290. The van der Waals surface area contributed by atoms with Gasteiger partial charge < -0.3 is 10.0 Å². The van der Waals surface area contributed by atoms with Crippen LogP contribution in [0.5, 0.6) is 0 Å². The van der Waals surface area contributed by atoms with Crippen molar-refractivity contribution in [3.05, 3.63) is 27.7 Å². The number of nitrogens with one attached hydrogen (secondary N) is 1. The van der Waals surface area contributed by atoms with Crippen LogP contribution in [-0.2, 0) is 10.0 Å². The molecule has 0 unspecified atom stereocenters. The maximum Gasteiger partial charge on any atom is 0.255 e. The number of carbonyl (C=O) groups excluding carboxylic acids is 1. The van der Waals surface area contributed by atoms with E-state index in [1.54, 1.807) is 6.92 Å². The summed E-state index contributed by atoms with van der Waals surface area (Å²) in [6, 6.07) is 2.42. The number of rotatable bonds is 8.